The van der Waals surface area contributed by atoms with Crippen molar-refractivity contribution in [1.82, 2.24) is 0 Å². The van der Waals surface area contributed by atoms with E-state index in [1.165, 1.54) is 0 Å². The minimum Gasteiger partial charge on any atom is -0.206 e. The van der Waals surface area contributed by atoms with Crippen LogP contribution >= 0.6 is 23.4 Å². The van der Waals surface area contributed by atoms with E-state index in [9.17, 15) is 4.39 Å². The highest BCUT2D eigenvalue weighted by atomic mass is 35.5. The van der Waals surface area contributed by atoms with Crippen LogP contribution in [0.2, 0.25) is 0 Å². The van der Waals surface area contributed by atoms with Gasteiger partial charge in [0.1, 0.15) is 5.82 Å². The minimum absolute atomic E-state index is 0.147. The van der Waals surface area contributed by atoms with Crippen molar-refractivity contribution < 1.29 is 4.39 Å². The Kier molecular flexibility index (Phi) is 4.54. The van der Waals surface area contributed by atoms with Crippen LogP contribution in [0.1, 0.15) is 27.6 Å². The molecule has 0 amide bonds. The van der Waals surface area contributed by atoms with Crippen LogP contribution in [0, 0.1) is 19.7 Å². The van der Waals surface area contributed by atoms with Crippen molar-refractivity contribution in [1.29, 1.82) is 0 Å². The van der Waals surface area contributed by atoms with E-state index >= 15 is 0 Å². The molecule has 2 aromatic carbocycles. The summed E-state index contributed by atoms with van der Waals surface area (Å²) < 4.78 is 13.7. The molecule has 0 aromatic heterocycles. The first-order valence-electron chi connectivity index (χ1n) is 6.08. The Hall–Kier alpha value is -0.990. The van der Waals surface area contributed by atoms with E-state index in [4.69, 9.17) is 11.6 Å². The van der Waals surface area contributed by atoms with Crippen LogP contribution in [-0.4, -0.2) is 6.26 Å². The predicted molar refractivity (Wildman–Crippen MR) is 81.8 cm³/mol. The molecule has 0 heterocycles. The van der Waals surface area contributed by atoms with Gasteiger partial charge in [-0.1, -0.05) is 30.3 Å². The van der Waals surface area contributed by atoms with Crippen molar-refractivity contribution in [2.45, 2.75) is 24.1 Å². The molecule has 19 heavy (non-hydrogen) atoms. The summed E-state index contributed by atoms with van der Waals surface area (Å²) in [5.41, 5.74) is 3.30. The summed E-state index contributed by atoms with van der Waals surface area (Å²) in [5.74, 6) is -0.147. The van der Waals surface area contributed by atoms with E-state index in [2.05, 4.69) is 6.07 Å². The van der Waals surface area contributed by atoms with E-state index in [0.29, 0.717) is 11.1 Å². The van der Waals surface area contributed by atoms with Gasteiger partial charge in [0.25, 0.3) is 0 Å². The highest BCUT2D eigenvalue weighted by Crippen LogP contribution is 2.35. The third-order valence-corrected chi connectivity index (χ3v) is 4.46. The zero-order valence-corrected chi connectivity index (χ0v) is 12.8. The molecule has 0 saturated carbocycles. The highest BCUT2D eigenvalue weighted by Gasteiger charge is 2.16. The molecule has 0 aliphatic rings. The normalized spacial score (nSPS) is 12.5. The molecule has 0 saturated heterocycles. The Morgan fingerprint density at radius 3 is 2.26 bits per heavy atom. The summed E-state index contributed by atoms with van der Waals surface area (Å²) in [6, 6.07) is 11.7. The van der Waals surface area contributed by atoms with Crippen molar-refractivity contribution in [3.63, 3.8) is 0 Å². The fraction of sp³-hybridized carbons (Fsp3) is 0.250. The third kappa shape index (κ3) is 2.96. The molecule has 3 heteroatoms. The second-order valence-electron chi connectivity index (χ2n) is 4.57. The van der Waals surface area contributed by atoms with Gasteiger partial charge in [-0.2, -0.15) is 0 Å². The summed E-state index contributed by atoms with van der Waals surface area (Å²) in [4.78, 5) is 1.15. The largest absolute Gasteiger partial charge is 0.206 e. The number of halogens is 2. The number of benzene rings is 2. The maximum atomic E-state index is 13.7. The van der Waals surface area contributed by atoms with Gasteiger partial charge >= 0.3 is 0 Å². The van der Waals surface area contributed by atoms with Crippen LogP contribution in [0.15, 0.2) is 41.3 Å². The molecular formula is C16H16ClFS. The number of rotatable bonds is 3. The van der Waals surface area contributed by atoms with Gasteiger partial charge < -0.3 is 0 Å². The van der Waals surface area contributed by atoms with Crippen LogP contribution in [0.3, 0.4) is 0 Å². The molecule has 0 spiro atoms. The van der Waals surface area contributed by atoms with Crippen LogP contribution in [0.25, 0.3) is 0 Å². The lowest BCUT2D eigenvalue weighted by atomic mass is 9.99. The topological polar surface area (TPSA) is 0 Å². The zero-order valence-electron chi connectivity index (χ0n) is 11.2. The molecule has 0 aliphatic heterocycles. The van der Waals surface area contributed by atoms with Gasteiger partial charge in [0, 0.05) is 4.90 Å². The molecule has 0 N–H and O–H groups in total. The molecule has 0 aliphatic carbocycles. The van der Waals surface area contributed by atoms with E-state index in [1.807, 2.05) is 36.6 Å². The molecule has 0 bridgehead atoms. The molecule has 0 fully saturated rings. The second-order valence-corrected chi connectivity index (χ2v) is 5.86. The van der Waals surface area contributed by atoms with Gasteiger partial charge in [0.2, 0.25) is 0 Å². The van der Waals surface area contributed by atoms with Crippen molar-refractivity contribution in [3.05, 3.63) is 64.5 Å². The SMILES string of the molecule is CSc1ccccc1C(Cl)c1cc(C)c(F)c(C)c1. The minimum atomic E-state index is -0.248. The molecule has 1 atom stereocenters. The Morgan fingerprint density at radius 2 is 1.68 bits per heavy atom. The average Bonchev–Trinajstić information content (AvgIpc) is 2.43. The number of thioether (sulfide) groups is 1. The Labute approximate surface area is 123 Å². The maximum absolute atomic E-state index is 13.7. The molecule has 2 aromatic rings. The Balaban J connectivity index is 2.47. The van der Waals surface area contributed by atoms with Crippen LogP contribution in [0.4, 0.5) is 4.39 Å². The monoisotopic (exact) mass is 294 g/mol. The zero-order chi connectivity index (χ0) is 14.0. The van der Waals surface area contributed by atoms with E-state index in [1.54, 1.807) is 25.6 Å². The summed E-state index contributed by atoms with van der Waals surface area (Å²) >= 11 is 8.25. The molecular weight excluding hydrogens is 279 g/mol. The summed E-state index contributed by atoms with van der Waals surface area (Å²) in [5, 5.41) is -0.248. The lowest BCUT2D eigenvalue weighted by Crippen LogP contribution is -1.99. The first-order valence-corrected chi connectivity index (χ1v) is 7.74. The van der Waals surface area contributed by atoms with Crippen LogP contribution < -0.4 is 0 Å². The highest BCUT2D eigenvalue weighted by molar-refractivity contribution is 7.98. The van der Waals surface area contributed by atoms with Gasteiger partial charge in [0.15, 0.2) is 0 Å². The van der Waals surface area contributed by atoms with Crippen LogP contribution in [-0.2, 0) is 0 Å². The number of aryl methyl sites for hydroxylation is 2. The molecule has 2 rings (SSSR count). The van der Waals surface area contributed by atoms with E-state index in [0.717, 1.165) is 16.0 Å². The first-order chi connectivity index (χ1) is 9.04. The van der Waals surface area contributed by atoms with Crippen molar-refractivity contribution in [3.8, 4) is 0 Å². The standard InChI is InChI=1S/C16H16ClFS/c1-10-8-12(9-11(2)16(10)18)15(17)13-6-4-5-7-14(13)19-3/h4-9,15H,1-3H3. The molecule has 100 valence electrons. The molecule has 0 nitrogen and oxygen atoms in total. The van der Waals surface area contributed by atoms with E-state index < -0.39 is 0 Å². The lowest BCUT2D eigenvalue weighted by molar-refractivity contribution is 0.608. The third-order valence-electron chi connectivity index (χ3n) is 3.16. The average molecular weight is 295 g/mol. The van der Waals surface area contributed by atoms with Gasteiger partial charge in [-0.25, -0.2) is 4.39 Å². The predicted octanol–water partition coefficient (Wildman–Crippen LogP) is 5.49. The van der Waals surface area contributed by atoms with Gasteiger partial charge in [0.05, 0.1) is 5.38 Å². The van der Waals surface area contributed by atoms with E-state index in [-0.39, 0.29) is 11.2 Å². The van der Waals surface area contributed by atoms with Gasteiger partial charge in [-0.15, -0.1) is 23.4 Å². The smallest absolute Gasteiger partial charge is 0.129 e. The number of hydrogen-bond acceptors (Lipinski definition) is 1. The fourth-order valence-corrected chi connectivity index (χ4v) is 3.20. The first kappa shape index (κ1) is 14.4. The Morgan fingerprint density at radius 1 is 1.11 bits per heavy atom. The quantitative estimate of drug-likeness (QED) is 0.532. The van der Waals surface area contributed by atoms with Gasteiger partial charge in [-0.05, 0) is 48.4 Å². The summed E-state index contributed by atoms with van der Waals surface area (Å²) in [7, 11) is 0. The van der Waals surface area contributed by atoms with Crippen LogP contribution in [0.5, 0.6) is 0 Å². The number of hydrogen-bond donors (Lipinski definition) is 0. The summed E-state index contributed by atoms with van der Waals surface area (Å²) in [6.45, 7) is 3.55. The van der Waals surface area contributed by atoms with Crippen molar-refractivity contribution in [2.24, 2.45) is 0 Å². The molecule has 1 unspecified atom stereocenters. The van der Waals surface area contributed by atoms with Gasteiger partial charge in [-0.3, -0.25) is 0 Å². The molecule has 0 radical (unpaired) electrons. The fourth-order valence-electron chi connectivity index (χ4n) is 2.18. The second kappa shape index (κ2) is 5.98. The maximum Gasteiger partial charge on any atom is 0.129 e. The number of alkyl halides is 1. The van der Waals surface area contributed by atoms with Crippen molar-refractivity contribution >= 4 is 23.4 Å². The lowest BCUT2D eigenvalue weighted by Gasteiger charge is -2.15. The Bertz CT molecular complexity index is 572. The van der Waals surface area contributed by atoms with Crippen molar-refractivity contribution in [2.75, 3.05) is 6.26 Å². The summed E-state index contributed by atoms with van der Waals surface area (Å²) in [6.07, 6.45) is 2.03.